The third kappa shape index (κ3) is 3.72. The number of nitrogens with zero attached hydrogens (tertiary/aromatic N) is 4. The smallest absolute Gasteiger partial charge is 0.230 e. The second-order valence-corrected chi connectivity index (χ2v) is 7.62. The molecule has 1 aliphatic carbocycles. The second-order valence-electron chi connectivity index (χ2n) is 6.67. The van der Waals surface area contributed by atoms with E-state index in [2.05, 4.69) is 51.8 Å². The average molecular weight is 367 g/mol. The van der Waals surface area contributed by atoms with Crippen molar-refractivity contribution in [3.05, 3.63) is 42.0 Å². The van der Waals surface area contributed by atoms with Gasteiger partial charge in [-0.05, 0) is 31.9 Å². The lowest BCUT2D eigenvalue weighted by atomic mass is 10.1. The van der Waals surface area contributed by atoms with Crippen molar-refractivity contribution >= 4 is 23.3 Å². The monoisotopic (exact) mass is 367 g/mol. The van der Waals surface area contributed by atoms with Gasteiger partial charge >= 0.3 is 0 Å². The Bertz CT molecular complexity index is 915. The second kappa shape index (κ2) is 7.45. The van der Waals surface area contributed by atoms with Gasteiger partial charge in [0.2, 0.25) is 11.1 Å². The Hall–Kier alpha value is -2.41. The number of fused-ring (bicyclic) bond motifs is 1. The van der Waals surface area contributed by atoms with E-state index in [-0.39, 0.29) is 5.91 Å². The fraction of sp³-hybridized carbons (Fsp3) is 0.368. The number of thioether (sulfide) groups is 1. The zero-order valence-electron chi connectivity index (χ0n) is 14.7. The lowest BCUT2D eigenvalue weighted by molar-refractivity contribution is -0.119. The van der Waals surface area contributed by atoms with E-state index in [4.69, 9.17) is 0 Å². The van der Waals surface area contributed by atoms with Crippen molar-refractivity contribution in [2.75, 3.05) is 5.75 Å². The third-order valence-corrected chi connectivity index (χ3v) is 5.55. The molecule has 6 nitrogen and oxygen atoms in total. The van der Waals surface area contributed by atoms with Gasteiger partial charge in [-0.3, -0.25) is 4.79 Å². The molecule has 0 saturated heterocycles. The molecule has 0 spiro atoms. The molecule has 1 aliphatic rings. The third-order valence-electron chi connectivity index (χ3n) is 4.63. The summed E-state index contributed by atoms with van der Waals surface area (Å²) in [5.74, 6) is 0.377. The highest BCUT2D eigenvalue weighted by molar-refractivity contribution is 7.99. The van der Waals surface area contributed by atoms with Crippen molar-refractivity contribution in [2.24, 2.45) is 0 Å². The summed E-state index contributed by atoms with van der Waals surface area (Å²) in [6.07, 6.45) is 4.59. The molecule has 1 saturated carbocycles. The fourth-order valence-electron chi connectivity index (χ4n) is 3.21. The SMILES string of the molecule is Cc1ccc(-c2ccc3nnc(SCC(=O)NC4CCCC4)n3n2)cc1. The minimum Gasteiger partial charge on any atom is -0.353 e. The Balaban J connectivity index is 1.49. The van der Waals surface area contributed by atoms with Gasteiger partial charge in [-0.25, -0.2) is 0 Å². The molecule has 0 unspecified atom stereocenters. The topological polar surface area (TPSA) is 72.2 Å². The summed E-state index contributed by atoms with van der Waals surface area (Å²) in [5, 5.41) is 16.7. The van der Waals surface area contributed by atoms with Gasteiger partial charge in [0, 0.05) is 11.6 Å². The molecule has 2 aromatic heterocycles. The first-order chi connectivity index (χ1) is 12.7. The van der Waals surface area contributed by atoms with E-state index in [9.17, 15) is 4.79 Å². The highest BCUT2D eigenvalue weighted by Gasteiger charge is 2.18. The van der Waals surface area contributed by atoms with Crippen LogP contribution < -0.4 is 5.32 Å². The number of hydrogen-bond donors (Lipinski definition) is 1. The fourth-order valence-corrected chi connectivity index (χ4v) is 3.91. The van der Waals surface area contributed by atoms with E-state index in [1.165, 1.54) is 30.2 Å². The first-order valence-corrected chi connectivity index (χ1v) is 9.89. The van der Waals surface area contributed by atoms with E-state index < -0.39 is 0 Å². The Morgan fingerprint density at radius 2 is 1.92 bits per heavy atom. The van der Waals surface area contributed by atoms with Crippen LogP contribution in [0.25, 0.3) is 16.9 Å². The molecule has 0 radical (unpaired) electrons. The first kappa shape index (κ1) is 17.0. The minimum atomic E-state index is 0.0494. The normalized spacial score (nSPS) is 14.8. The van der Waals surface area contributed by atoms with Gasteiger partial charge in [-0.15, -0.1) is 10.2 Å². The first-order valence-electron chi connectivity index (χ1n) is 8.91. The molecular formula is C19H21N5OS. The van der Waals surface area contributed by atoms with Crippen molar-refractivity contribution in [1.29, 1.82) is 0 Å². The van der Waals surface area contributed by atoms with Gasteiger partial charge in [-0.2, -0.15) is 9.61 Å². The molecule has 1 aromatic carbocycles. The predicted octanol–water partition coefficient (Wildman–Crippen LogP) is 3.25. The number of rotatable bonds is 5. The summed E-state index contributed by atoms with van der Waals surface area (Å²) < 4.78 is 1.71. The van der Waals surface area contributed by atoms with Crippen LogP contribution in [-0.4, -0.2) is 37.5 Å². The molecule has 26 heavy (non-hydrogen) atoms. The number of amides is 1. The molecular weight excluding hydrogens is 346 g/mol. The Morgan fingerprint density at radius 3 is 2.69 bits per heavy atom. The van der Waals surface area contributed by atoms with E-state index in [0.717, 1.165) is 24.1 Å². The number of nitrogens with one attached hydrogen (secondary N) is 1. The van der Waals surface area contributed by atoms with E-state index in [0.29, 0.717) is 22.6 Å². The quantitative estimate of drug-likeness (QED) is 0.701. The van der Waals surface area contributed by atoms with Crippen molar-refractivity contribution in [3.8, 4) is 11.3 Å². The van der Waals surface area contributed by atoms with Crippen molar-refractivity contribution in [1.82, 2.24) is 25.1 Å². The summed E-state index contributed by atoms with van der Waals surface area (Å²) in [7, 11) is 0. The molecule has 1 N–H and O–H groups in total. The maximum absolute atomic E-state index is 12.1. The summed E-state index contributed by atoms with van der Waals surface area (Å²) in [6, 6.07) is 12.4. The number of aromatic nitrogens is 4. The summed E-state index contributed by atoms with van der Waals surface area (Å²) in [6.45, 7) is 2.06. The maximum Gasteiger partial charge on any atom is 0.230 e. The number of carbonyl (C=O) groups excluding carboxylic acids is 1. The lowest BCUT2D eigenvalue weighted by Gasteiger charge is -2.11. The van der Waals surface area contributed by atoms with Crippen LogP contribution in [0.1, 0.15) is 31.2 Å². The van der Waals surface area contributed by atoms with Gasteiger partial charge < -0.3 is 5.32 Å². The van der Waals surface area contributed by atoms with Crippen molar-refractivity contribution in [3.63, 3.8) is 0 Å². The van der Waals surface area contributed by atoms with Gasteiger partial charge in [-0.1, -0.05) is 54.4 Å². The molecule has 0 atom stereocenters. The number of carbonyl (C=O) groups is 1. The summed E-state index contributed by atoms with van der Waals surface area (Å²) in [4.78, 5) is 12.1. The highest BCUT2D eigenvalue weighted by Crippen LogP contribution is 2.22. The molecule has 2 heterocycles. The molecule has 3 aromatic rings. The van der Waals surface area contributed by atoms with Crippen LogP contribution in [-0.2, 0) is 4.79 Å². The van der Waals surface area contributed by atoms with Crippen molar-refractivity contribution < 1.29 is 4.79 Å². The molecule has 0 bridgehead atoms. The number of hydrogen-bond acceptors (Lipinski definition) is 5. The van der Waals surface area contributed by atoms with Gasteiger partial charge in [0.1, 0.15) is 0 Å². The van der Waals surface area contributed by atoms with Crippen LogP contribution in [0.3, 0.4) is 0 Å². The minimum absolute atomic E-state index is 0.0494. The standard InChI is InChI=1S/C19H21N5OS/c1-13-6-8-14(9-7-13)16-10-11-17-21-22-19(24(17)23-16)26-12-18(25)20-15-4-2-3-5-15/h6-11,15H,2-5,12H2,1H3,(H,20,25). The number of benzene rings is 1. The largest absolute Gasteiger partial charge is 0.353 e. The van der Waals surface area contributed by atoms with E-state index in [1.807, 2.05) is 12.1 Å². The van der Waals surface area contributed by atoms with Crippen LogP contribution in [0.15, 0.2) is 41.6 Å². The Kier molecular flexibility index (Phi) is 4.88. The summed E-state index contributed by atoms with van der Waals surface area (Å²) >= 11 is 1.37. The zero-order valence-corrected chi connectivity index (χ0v) is 15.5. The van der Waals surface area contributed by atoms with Gasteiger partial charge in [0.05, 0.1) is 11.4 Å². The van der Waals surface area contributed by atoms with Crippen LogP contribution in [0, 0.1) is 6.92 Å². The van der Waals surface area contributed by atoms with E-state index in [1.54, 1.807) is 4.52 Å². The molecule has 1 amide bonds. The Morgan fingerprint density at radius 1 is 1.15 bits per heavy atom. The lowest BCUT2D eigenvalue weighted by Crippen LogP contribution is -2.33. The Labute approximate surface area is 156 Å². The van der Waals surface area contributed by atoms with E-state index >= 15 is 0 Å². The maximum atomic E-state index is 12.1. The van der Waals surface area contributed by atoms with Gasteiger partial charge in [0.25, 0.3) is 0 Å². The number of aryl methyl sites for hydroxylation is 1. The zero-order chi connectivity index (χ0) is 17.9. The molecule has 4 rings (SSSR count). The van der Waals surface area contributed by atoms with Crippen LogP contribution >= 0.6 is 11.8 Å². The van der Waals surface area contributed by atoms with Crippen LogP contribution in [0.5, 0.6) is 0 Å². The molecule has 0 aliphatic heterocycles. The van der Waals surface area contributed by atoms with Gasteiger partial charge in [0.15, 0.2) is 5.65 Å². The molecule has 1 fully saturated rings. The van der Waals surface area contributed by atoms with Crippen LogP contribution in [0.2, 0.25) is 0 Å². The average Bonchev–Trinajstić information content (AvgIpc) is 3.30. The predicted molar refractivity (Wildman–Crippen MR) is 102 cm³/mol. The molecule has 7 heteroatoms. The van der Waals surface area contributed by atoms with Crippen molar-refractivity contribution in [2.45, 2.75) is 43.8 Å². The van der Waals surface area contributed by atoms with Crippen LogP contribution in [0.4, 0.5) is 0 Å². The molecule has 134 valence electrons. The highest BCUT2D eigenvalue weighted by atomic mass is 32.2. The summed E-state index contributed by atoms with van der Waals surface area (Å²) in [5.41, 5.74) is 3.79.